The molecule has 0 spiro atoms. The van der Waals surface area contributed by atoms with Crippen molar-refractivity contribution in [2.45, 2.75) is 61.4 Å². The van der Waals surface area contributed by atoms with Gasteiger partial charge in [-0.3, -0.25) is 4.99 Å². The minimum atomic E-state index is 0.210. The van der Waals surface area contributed by atoms with Crippen LogP contribution in [0.1, 0.15) is 55.4 Å². The van der Waals surface area contributed by atoms with Crippen LogP contribution in [-0.4, -0.2) is 11.8 Å². The molecular weight excluding hydrogens is 170 g/mol. The topological polar surface area (TPSA) is 12.4 Å². The van der Waals surface area contributed by atoms with Crippen LogP contribution in [0.25, 0.3) is 0 Å². The van der Waals surface area contributed by atoms with Gasteiger partial charge < -0.3 is 0 Å². The summed E-state index contributed by atoms with van der Waals surface area (Å²) in [6, 6.07) is 0.467. The zero-order valence-electron chi connectivity index (χ0n) is 11.2. The second-order valence-electron chi connectivity index (χ2n) is 5.94. The lowest BCUT2D eigenvalue weighted by atomic mass is 9.88. The molecule has 0 aliphatic rings. The predicted octanol–water partition coefficient (Wildman–Crippen LogP) is 4.17. The Morgan fingerprint density at radius 2 is 1.29 bits per heavy atom. The van der Waals surface area contributed by atoms with Crippen molar-refractivity contribution in [3.05, 3.63) is 0 Å². The molecule has 0 aromatic carbocycles. The summed E-state index contributed by atoms with van der Waals surface area (Å²) < 4.78 is 0. The minimum Gasteiger partial charge on any atom is -0.290 e. The molecule has 0 amide bonds. The summed E-state index contributed by atoms with van der Waals surface area (Å²) >= 11 is 0. The van der Waals surface area contributed by atoms with E-state index in [0.717, 1.165) is 0 Å². The summed E-state index contributed by atoms with van der Waals surface area (Å²) in [5.74, 6) is 1.26. The first-order chi connectivity index (χ1) is 6.16. The highest BCUT2D eigenvalue weighted by Gasteiger charge is 2.20. The van der Waals surface area contributed by atoms with Crippen LogP contribution in [-0.2, 0) is 0 Å². The standard InChI is InChI=1S/C13H27N/c1-9(2)12(10(3)4)14-11(5)13(6,7)8/h9-10,12H,1-8H3/b14-11-. The van der Waals surface area contributed by atoms with E-state index in [1.165, 1.54) is 5.71 Å². The zero-order chi connectivity index (χ0) is 11.5. The lowest BCUT2D eigenvalue weighted by Crippen LogP contribution is -2.25. The van der Waals surface area contributed by atoms with Crippen molar-refractivity contribution in [2.75, 3.05) is 0 Å². The van der Waals surface area contributed by atoms with E-state index in [9.17, 15) is 0 Å². The molecule has 0 aromatic heterocycles. The Bertz CT molecular complexity index is 186. The average molecular weight is 197 g/mol. The number of rotatable bonds is 3. The lowest BCUT2D eigenvalue weighted by molar-refractivity contribution is 0.384. The van der Waals surface area contributed by atoms with Gasteiger partial charge in [0.15, 0.2) is 0 Å². The molecule has 0 aliphatic heterocycles. The summed E-state index contributed by atoms with van der Waals surface area (Å²) in [5, 5.41) is 0. The number of aliphatic imine (C=N–C) groups is 1. The van der Waals surface area contributed by atoms with Gasteiger partial charge in [0.2, 0.25) is 0 Å². The quantitative estimate of drug-likeness (QED) is 0.602. The van der Waals surface area contributed by atoms with Crippen molar-refractivity contribution in [1.29, 1.82) is 0 Å². The highest BCUT2D eigenvalue weighted by Crippen LogP contribution is 2.21. The fraction of sp³-hybridized carbons (Fsp3) is 0.923. The van der Waals surface area contributed by atoms with Crippen molar-refractivity contribution in [1.82, 2.24) is 0 Å². The average Bonchev–Trinajstić information content (AvgIpc) is 1.96. The molecule has 0 unspecified atom stereocenters. The maximum absolute atomic E-state index is 4.86. The molecule has 1 heteroatoms. The van der Waals surface area contributed by atoms with Crippen LogP contribution >= 0.6 is 0 Å². The van der Waals surface area contributed by atoms with Gasteiger partial charge in [0, 0.05) is 5.71 Å². The Labute approximate surface area is 90.0 Å². The Morgan fingerprint density at radius 3 is 1.50 bits per heavy atom. The van der Waals surface area contributed by atoms with Crippen LogP contribution in [0.2, 0.25) is 0 Å². The molecule has 0 bridgehead atoms. The second-order valence-corrected chi connectivity index (χ2v) is 5.94. The van der Waals surface area contributed by atoms with Gasteiger partial charge >= 0.3 is 0 Å². The van der Waals surface area contributed by atoms with E-state index in [0.29, 0.717) is 17.9 Å². The second kappa shape index (κ2) is 4.95. The van der Waals surface area contributed by atoms with Crippen LogP contribution < -0.4 is 0 Å². The van der Waals surface area contributed by atoms with Crippen LogP contribution in [0.15, 0.2) is 4.99 Å². The summed E-state index contributed by atoms with van der Waals surface area (Å²) in [6.07, 6.45) is 0. The van der Waals surface area contributed by atoms with Crippen molar-refractivity contribution in [3.63, 3.8) is 0 Å². The summed E-state index contributed by atoms with van der Waals surface area (Å²) in [6.45, 7) is 17.8. The largest absolute Gasteiger partial charge is 0.290 e. The molecule has 1 nitrogen and oxygen atoms in total. The molecule has 0 saturated carbocycles. The van der Waals surface area contributed by atoms with Gasteiger partial charge in [0.25, 0.3) is 0 Å². The molecule has 0 aromatic rings. The van der Waals surface area contributed by atoms with Crippen molar-refractivity contribution >= 4 is 5.71 Å². The maximum Gasteiger partial charge on any atom is 0.0544 e. The number of nitrogens with zero attached hydrogens (tertiary/aromatic N) is 1. The molecule has 14 heavy (non-hydrogen) atoms. The van der Waals surface area contributed by atoms with Gasteiger partial charge in [-0.05, 0) is 24.2 Å². The molecule has 0 atom stereocenters. The molecule has 0 radical (unpaired) electrons. The smallest absolute Gasteiger partial charge is 0.0544 e. The first-order valence-electron chi connectivity index (χ1n) is 5.71. The fourth-order valence-corrected chi connectivity index (χ4v) is 1.49. The van der Waals surface area contributed by atoms with Crippen LogP contribution in [0.4, 0.5) is 0 Å². The first-order valence-corrected chi connectivity index (χ1v) is 5.71. The fourth-order valence-electron chi connectivity index (χ4n) is 1.49. The van der Waals surface area contributed by atoms with Crippen molar-refractivity contribution in [2.24, 2.45) is 22.2 Å². The van der Waals surface area contributed by atoms with E-state index in [1.807, 2.05) is 0 Å². The minimum absolute atomic E-state index is 0.210. The molecule has 0 N–H and O–H groups in total. The summed E-state index contributed by atoms with van der Waals surface area (Å²) in [4.78, 5) is 4.86. The van der Waals surface area contributed by atoms with Crippen LogP contribution in [0.5, 0.6) is 0 Å². The Kier molecular flexibility index (Phi) is 4.83. The molecule has 84 valence electrons. The third-order valence-electron chi connectivity index (χ3n) is 2.79. The Morgan fingerprint density at radius 1 is 0.929 bits per heavy atom. The molecular formula is C13H27N. The predicted molar refractivity (Wildman–Crippen MR) is 66.0 cm³/mol. The monoisotopic (exact) mass is 197 g/mol. The van der Waals surface area contributed by atoms with Gasteiger partial charge in [-0.25, -0.2) is 0 Å². The zero-order valence-corrected chi connectivity index (χ0v) is 11.2. The number of hydrogen-bond donors (Lipinski definition) is 0. The number of hydrogen-bond acceptors (Lipinski definition) is 1. The van der Waals surface area contributed by atoms with Gasteiger partial charge in [0.05, 0.1) is 6.04 Å². The van der Waals surface area contributed by atoms with Gasteiger partial charge in [-0.1, -0.05) is 48.5 Å². The van der Waals surface area contributed by atoms with E-state index in [1.54, 1.807) is 0 Å². The summed E-state index contributed by atoms with van der Waals surface area (Å²) in [7, 11) is 0. The van der Waals surface area contributed by atoms with Gasteiger partial charge in [-0.2, -0.15) is 0 Å². The highest BCUT2D eigenvalue weighted by molar-refractivity contribution is 5.87. The molecule has 0 aliphatic carbocycles. The third kappa shape index (κ3) is 4.26. The maximum atomic E-state index is 4.86. The van der Waals surface area contributed by atoms with E-state index in [2.05, 4.69) is 55.4 Å². The Balaban J connectivity index is 4.74. The Hall–Kier alpha value is -0.330. The van der Waals surface area contributed by atoms with E-state index < -0.39 is 0 Å². The van der Waals surface area contributed by atoms with E-state index >= 15 is 0 Å². The van der Waals surface area contributed by atoms with Crippen molar-refractivity contribution in [3.8, 4) is 0 Å². The lowest BCUT2D eigenvalue weighted by Gasteiger charge is -2.25. The van der Waals surface area contributed by atoms with Crippen molar-refractivity contribution < 1.29 is 0 Å². The highest BCUT2D eigenvalue weighted by atomic mass is 14.8. The molecule has 0 saturated heterocycles. The normalized spacial score (nSPS) is 14.6. The van der Waals surface area contributed by atoms with Crippen LogP contribution in [0, 0.1) is 17.3 Å². The van der Waals surface area contributed by atoms with Gasteiger partial charge in [0.1, 0.15) is 0 Å². The van der Waals surface area contributed by atoms with Crippen LogP contribution in [0.3, 0.4) is 0 Å². The molecule has 0 heterocycles. The molecule has 0 rings (SSSR count). The van der Waals surface area contributed by atoms with E-state index in [-0.39, 0.29) is 5.41 Å². The SMILES string of the molecule is C/C(=N/C(C(C)C)C(C)C)C(C)(C)C. The first kappa shape index (κ1) is 13.7. The third-order valence-corrected chi connectivity index (χ3v) is 2.79. The molecule has 0 fully saturated rings. The van der Waals surface area contributed by atoms with E-state index in [4.69, 9.17) is 4.99 Å². The summed E-state index contributed by atoms with van der Waals surface area (Å²) in [5.41, 5.74) is 1.48. The van der Waals surface area contributed by atoms with Gasteiger partial charge in [-0.15, -0.1) is 0 Å².